The van der Waals surface area contributed by atoms with Gasteiger partial charge in [0.25, 0.3) is 5.69 Å². The lowest BCUT2D eigenvalue weighted by atomic mass is 10.0. The van der Waals surface area contributed by atoms with Crippen LogP contribution in [0.25, 0.3) is 0 Å². The Hall–Kier alpha value is -2.89. The van der Waals surface area contributed by atoms with Gasteiger partial charge in [0.1, 0.15) is 5.69 Å². The van der Waals surface area contributed by atoms with Crippen molar-refractivity contribution in [3.05, 3.63) is 63.2 Å². The van der Waals surface area contributed by atoms with Gasteiger partial charge in [0.05, 0.1) is 11.5 Å². The molecule has 2 aromatic rings. The highest BCUT2D eigenvalue weighted by molar-refractivity contribution is 5.96. The number of para-hydroxylation sites is 1. The first kappa shape index (κ1) is 17.0. The van der Waals surface area contributed by atoms with Gasteiger partial charge < -0.3 is 10.2 Å². The number of benzene rings is 2. The molecule has 0 unspecified atom stereocenters. The molecular weight excluding hydrogens is 318 g/mol. The van der Waals surface area contributed by atoms with Crippen molar-refractivity contribution in [2.75, 3.05) is 23.3 Å². The van der Waals surface area contributed by atoms with Crippen LogP contribution in [0.4, 0.5) is 17.1 Å². The number of carbonyl (C=O) groups is 1. The number of aryl methyl sites for hydroxylation is 3. The van der Waals surface area contributed by atoms with Gasteiger partial charge >= 0.3 is 0 Å². The smallest absolute Gasteiger partial charge is 0.293 e. The number of carbonyl (C=O) groups excluding carboxylic acids is 1. The van der Waals surface area contributed by atoms with Gasteiger partial charge in [0.2, 0.25) is 5.91 Å². The first-order chi connectivity index (χ1) is 12.0. The number of hydrogen-bond donors (Lipinski definition) is 1. The van der Waals surface area contributed by atoms with Gasteiger partial charge in [-0.1, -0.05) is 18.2 Å². The molecule has 25 heavy (non-hydrogen) atoms. The number of amides is 1. The first-order valence-corrected chi connectivity index (χ1v) is 8.34. The zero-order valence-electron chi connectivity index (χ0n) is 14.4. The Morgan fingerprint density at radius 3 is 2.72 bits per heavy atom. The quantitative estimate of drug-likeness (QED) is 0.682. The normalized spacial score (nSPS) is 13.3. The Balaban J connectivity index is 1.78. The molecule has 0 spiro atoms. The first-order valence-electron chi connectivity index (χ1n) is 8.34. The van der Waals surface area contributed by atoms with E-state index < -0.39 is 4.92 Å². The van der Waals surface area contributed by atoms with Crippen molar-refractivity contribution < 1.29 is 9.72 Å². The third kappa shape index (κ3) is 3.63. The Morgan fingerprint density at radius 2 is 1.96 bits per heavy atom. The molecule has 1 N–H and O–H groups in total. The SMILES string of the molecule is Cc1cc(NC(=O)CN2CCCc3ccccc32)c([N+](=O)[O-])cc1C. The van der Waals surface area contributed by atoms with Gasteiger partial charge in [-0.25, -0.2) is 0 Å². The van der Waals surface area contributed by atoms with Crippen LogP contribution in [0.15, 0.2) is 36.4 Å². The molecule has 0 saturated carbocycles. The molecule has 1 heterocycles. The van der Waals surface area contributed by atoms with Gasteiger partial charge in [-0.15, -0.1) is 0 Å². The topological polar surface area (TPSA) is 75.5 Å². The van der Waals surface area contributed by atoms with Crippen molar-refractivity contribution in [2.24, 2.45) is 0 Å². The molecule has 130 valence electrons. The van der Waals surface area contributed by atoms with E-state index >= 15 is 0 Å². The van der Waals surface area contributed by atoms with E-state index in [0.717, 1.165) is 36.2 Å². The third-order valence-corrected chi connectivity index (χ3v) is 4.62. The maximum atomic E-state index is 12.5. The largest absolute Gasteiger partial charge is 0.362 e. The molecule has 0 aliphatic carbocycles. The maximum Gasteiger partial charge on any atom is 0.293 e. The molecule has 1 aliphatic heterocycles. The predicted octanol–water partition coefficient (Wildman–Crippen LogP) is 3.60. The van der Waals surface area contributed by atoms with E-state index in [2.05, 4.69) is 11.4 Å². The number of nitro benzene ring substituents is 1. The summed E-state index contributed by atoms with van der Waals surface area (Å²) in [4.78, 5) is 25.3. The summed E-state index contributed by atoms with van der Waals surface area (Å²) >= 11 is 0. The third-order valence-electron chi connectivity index (χ3n) is 4.62. The predicted molar refractivity (Wildman–Crippen MR) is 98.2 cm³/mol. The van der Waals surface area contributed by atoms with E-state index in [1.165, 1.54) is 11.6 Å². The van der Waals surface area contributed by atoms with Crippen LogP contribution in [0.1, 0.15) is 23.1 Å². The van der Waals surface area contributed by atoms with Crippen LogP contribution in [-0.2, 0) is 11.2 Å². The number of fused-ring (bicyclic) bond motifs is 1. The minimum atomic E-state index is -0.460. The number of nitrogens with one attached hydrogen (secondary N) is 1. The minimum Gasteiger partial charge on any atom is -0.362 e. The molecule has 6 nitrogen and oxygen atoms in total. The van der Waals surface area contributed by atoms with Crippen LogP contribution in [-0.4, -0.2) is 23.9 Å². The fourth-order valence-electron chi connectivity index (χ4n) is 3.19. The van der Waals surface area contributed by atoms with E-state index in [-0.39, 0.29) is 23.8 Å². The van der Waals surface area contributed by atoms with E-state index in [1.807, 2.05) is 36.9 Å². The van der Waals surface area contributed by atoms with Crippen LogP contribution >= 0.6 is 0 Å². The van der Waals surface area contributed by atoms with E-state index in [4.69, 9.17) is 0 Å². The van der Waals surface area contributed by atoms with E-state index in [0.29, 0.717) is 0 Å². The van der Waals surface area contributed by atoms with Crippen molar-refractivity contribution in [1.82, 2.24) is 0 Å². The van der Waals surface area contributed by atoms with Crippen LogP contribution < -0.4 is 10.2 Å². The molecule has 1 aliphatic rings. The molecule has 0 bridgehead atoms. The standard InChI is InChI=1S/C19H21N3O3/c1-13-10-16(18(22(24)25)11-14(13)2)20-19(23)12-21-9-5-7-15-6-3-4-8-17(15)21/h3-4,6,8,10-11H,5,7,9,12H2,1-2H3,(H,20,23). The van der Waals surface area contributed by atoms with Crippen LogP contribution in [0, 0.1) is 24.0 Å². The Kier molecular flexibility index (Phi) is 4.70. The van der Waals surface area contributed by atoms with Crippen molar-refractivity contribution >= 4 is 23.0 Å². The highest BCUT2D eigenvalue weighted by Crippen LogP contribution is 2.29. The van der Waals surface area contributed by atoms with Crippen molar-refractivity contribution in [2.45, 2.75) is 26.7 Å². The molecule has 0 saturated heterocycles. The summed E-state index contributed by atoms with van der Waals surface area (Å²) in [5.74, 6) is -0.247. The summed E-state index contributed by atoms with van der Waals surface area (Å²) in [7, 11) is 0. The van der Waals surface area contributed by atoms with Gasteiger partial charge in [0.15, 0.2) is 0 Å². The second-order valence-corrected chi connectivity index (χ2v) is 6.41. The van der Waals surface area contributed by atoms with Crippen molar-refractivity contribution in [3.8, 4) is 0 Å². The lowest BCUT2D eigenvalue weighted by molar-refractivity contribution is -0.384. The number of nitrogens with zero attached hydrogens (tertiary/aromatic N) is 2. The monoisotopic (exact) mass is 339 g/mol. The Bertz CT molecular complexity index is 833. The second-order valence-electron chi connectivity index (χ2n) is 6.41. The summed E-state index contributed by atoms with van der Waals surface area (Å²) in [6.07, 6.45) is 2.00. The maximum absolute atomic E-state index is 12.5. The zero-order valence-corrected chi connectivity index (χ0v) is 14.4. The molecule has 3 rings (SSSR count). The summed E-state index contributed by atoms with van der Waals surface area (Å²) in [5, 5.41) is 14.0. The summed E-state index contributed by atoms with van der Waals surface area (Å²) in [6, 6.07) is 11.2. The van der Waals surface area contributed by atoms with Gasteiger partial charge in [-0.3, -0.25) is 14.9 Å². The minimum absolute atomic E-state index is 0.0736. The van der Waals surface area contributed by atoms with Crippen LogP contribution in [0.5, 0.6) is 0 Å². The molecule has 2 aromatic carbocycles. The summed E-state index contributed by atoms with van der Waals surface area (Å²) < 4.78 is 0. The Labute approximate surface area is 146 Å². The number of nitro groups is 1. The number of hydrogen-bond acceptors (Lipinski definition) is 4. The highest BCUT2D eigenvalue weighted by Gasteiger charge is 2.21. The average molecular weight is 339 g/mol. The molecule has 0 fully saturated rings. The molecule has 0 atom stereocenters. The van der Waals surface area contributed by atoms with Gasteiger partial charge in [-0.05, 0) is 55.5 Å². The second kappa shape index (κ2) is 6.93. The summed E-state index contributed by atoms with van der Waals surface area (Å²) in [6.45, 7) is 4.68. The molecule has 1 amide bonds. The van der Waals surface area contributed by atoms with E-state index in [1.54, 1.807) is 6.07 Å². The number of rotatable bonds is 4. The van der Waals surface area contributed by atoms with E-state index in [9.17, 15) is 14.9 Å². The van der Waals surface area contributed by atoms with Crippen molar-refractivity contribution in [1.29, 1.82) is 0 Å². The zero-order chi connectivity index (χ0) is 18.0. The van der Waals surface area contributed by atoms with Crippen LogP contribution in [0.3, 0.4) is 0 Å². The lowest BCUT2D eigenvalue weighted by Gasteiger charge is -2.30. The lowest BCUT2D eigenvalue weighted by Crippen LogP contribution is -2.36. The molecule has 6 heteroatoms. The van der Waals surface area contributed by atoms with Crippen molar-refractivity contribution in [3.63, 3.8) is 0 Å². The fraction of sp³-hybridized carbons (Fsp3) is 0.316. The molecular formula is C19H21N3O3. The van der Waals surface area contributed by atoms with Crippen LogP contribution in [0.2, 0.25) is 0 Å². The highest BCUT2D eigenvalue weighted by atomic mass is 16.6. The molecule has 0 aromatic heterocycles. The van der Waals surface area contributed by atoms with Gasteiger partial charge in [0, 0.05) is 18.3 Å². The molecule has 0 radical (unpaired) electrons. The number of anilines is 2. The summed E-state index contributed by atoms with van der Waals surface area (Å²) in [5.41, 5.74) is 4.22. The Morgan fingerprint density at radius 1 is 1.24 bits per heavy atom. The average Bonchev–Trinajstić information content (AvgIpc) is 2.58. The van der Waals surface area contributed by atoms with Gasteiger partial charge in [-0.2, -0.15) is 0 Å². The fourth-order valence-corrected chi connectivity index (χ4v) is 3.19.